The van der Waals surface area contributed by atoms with Crippen LogP contribution in [0, 0.1) is 17.8 Å². The van der Waals surface area contributed by atoms with Gasteiger partial charge >= 0.3 is 0 Å². The Balaban J connectivity index is 2.25. The summed E-state index contributed by atoms with van der Waals surface area (Å²) in [6.45, 7) is 11.7. The lowest BCUT2D eigenvalue weighted by atomic mass is 9.57. The summed E-state index contributed by atoms with van der Waals surface area (Å²) in [6, 6.07) is 8.66. The first-order chi connectivity index (χ1) is 8.61. The van der Waals surface area contributed by atoms with E-state index >= 15 is 0 Å². The number of hydrogen-bond acceptors (Lipinski definition) is 1. The molecule has 1 heteroatoms. The van der Waals surface area contributed by atoms with Gasteiger partial charge in [0.05, 0.1) is 0 Å². The molecule has 1 fully saturated rings. The Morgan fingerprint density at radius 2 is 1.47 bits per heavy atom. The maximum Gasteiger partial charge on any atom is 0.0205 e. The first kappa shape index (κ1) is 14.6. The smallest absolute Gasteiger partial charge is 0.0205 e. The van der Waals surface area contributed by atoms with E-state index < -0.39 is 0 Å². The van der Waals surface area contributed by atoms with E-state index in [1.807, 2.05) is 0 Å². The van der Waals surface area contributed by atoms with Crippen molar-refractivity contribution < 1.29 is 0 Å². The molecule has 1 aromatic carbocycles. The SMILES string of the molecule is Cc1ccccc1CC1(N)CC(C)(C)CC(C)(C)C1. The van der Waals surface area contributed by atoms with Gasteiger partial charge in [-0.2, -0.15) is 0 Å². The Bertz CT molecular complexity index is 441. The standard InChI is InChI=1S/C18H29N/c1-14-8-6-7-9-15(14)10-18(19)12-16(2,3)11-17(4,5)13-18/h6-9H,10-13,19H2,1-5H3. The molecule has 2 rings (SSSR count). The van der Waals surface area contributed by atoms with Gasteiger partial charge < -0.3 is 5.73 Å². The number of aryl methyl sites for hydroxylation is 1. The Hall–Kier alpha value is -0.820. The van der Waals surface area contributed by atoms with Gasteiger partial charge in [0.25, 0.3) is 0 Å². The zero-order chi connectivity index (χ0) is 14.3. The van der Waals surface area contributed by atoms with E-state index in [4.69, 9.17) is 5.73 Å². The fourth-order valence-corrected chi connectivity index (χ4v) is 4.70. The van der Waals surface area contributed by atoms with Gasteiger partial charge in [0, 0.05) is 5.54 Å². The molecule has 1 saturated carbocycles. The van der Waals surface area contributed by atoms with Crippen molar-refractivity contribution in [2.75, 3.05) is 0 Å². The van der Waals surface area contributed by atoms with Crippen molar-refractivity contribution in [1.29, 1.82) is 0 Å². The summed E-state index contributed by atoms with van der Waals surface area (Å²) < 4.78 is 0. The molecule has 1 aliphatic carbocycles. The molecule has 1 aliphatic rings. The molecule has 0 spiro atoms. The molecule has 0 amide bonds. The van der Waals surface area contributed by atoms with Crippen LogP contribution in [-0.2, 0) is 6.42 Å². The van der Waals surface area contributed by atoms with Crippen LogP contribution in [0.25, 0.3) is 0 Å². The van der Waals surface area contributed by atoms with Crippen molar-refractivity contribution >= 4 is 0 Å². The Morgan fingerprint density at radius 1 is 0.947 bits per heavy atom. The highest BCUT2D eigenvalue weighted by atomic mass is 14.8. The van der Waals surface area contributed by atoms with Crippen LogP contribution in [0.4, 0.5) is 0 Å². The number of nitrogens with two attached hydrogens (primary N) is 1. The van der Waals surface area contributed by atoms with E-state index in [0.717, 1.165) is 19.3 Å². The van der Waals surface area contributed by atoms with E-state index in [-0.39, 0.29) is 5.54 Å². The molecule has 0 saturated heterocycles. The quantitative estimate of drug-likeness (QED) is 0.833. The first-order valence-corrected chi connectivity index (χ1v) is 7.44. The van der Waals surface area contributed by atoms with Crippen molar-refractivity contribution in [3.63, 3.8) is 0 Å². The van der Waals surface area contributed by atoms with Crippen molar-refractivity contribution in [2.24, 2.45) is 16.6 Å². The van der Waals surface area contributed by atoms with Crippen LogP contribution in [-0.4, -0.2) is 5.54 Å². The van der Waals surface area contributed by atoms with Crippen LogP contribution in [0.1, 0.15) is 58.1 Å². The molecule has 0 atom stereocenters. The van der Waals surface area contributed by atoms with E-state index in [0.29, 0.717) is 10.8 Å². The van der Waals surface area contributed by atoms with Gasteiger partial charge in [-0.1, -0.05) is 52.0 Å². The Morgan fingerprint density at radius 3 is 2.00 bits per heavy atom. The molecular formula is C18H29N. The van der Waals surface area contributed by atoms with Crippen molar-refractivity contribution in [3.05, 3.63) is 35.4 Å². The van der Waals surface area contributed by atoms with E-state index in [1.165, 1.54) is 17.5 Å². The number of hydrogen-bond donors (Lipinski definition) is 1. The fourth-order valence-electron chi connectivity index (χ4n) is 4.70. The van der Waals surface area contributed by atoms with Crippen molar-refractivity contribution in [2.45, 2.75) is 65.8 Å². The van der Waals surface area contributed by atoms with E-state index in [2.05, 4.69) is 58.9 Å². The number of benzene rings is 1. The summed E-state index contributed by atoms with van der Waals surface area (Å²) in [7, 11) is 0. The second kappa shape index (κ2) is 4.63. The lowest BCUT2D eigenvalue weighted by molar-refractivity contribution is 0.0487. The third kappa shape index (κ3) is 3.60. The van der Waals surface area contributed by atoms with Crippen LogP contribution >= 0.6 is 0 Å². The summed E-state index contributed by atoms with van der Waals surface area (Å²) >= 11 is 0. The number of rotatable bonds is 2. The topological polar surface area (TPSA) is 26.0 Å². The first-order valence-electron chi connectivity index (χ1n) is 7.44. The highest BCUT2D eigenvalue weighted by molar-refractivity contribution is 5.28. The average molecular weight is 259 g/mol. The minimum absolute atomic E-state index is 0.0582. The fraction of sp³-hybridized carbons (Fsp3) is 0.667. The maximum absolute atomic E-state index is 6.81. The van der Waals surface area contributed by atoms with Crippen LogP contribution in [0.15, 0.2) is 24.3 Å². The van der Waals surface area contributed by atoms with Gasteiger partial charge in [-0.15, -0.1) is 0 Å². The van der Waals surface area contributed by atoms with Crippen LogP contribution in [0.3, 0.4) is 0 Å². The Labute approximate surface area is 118 Å². The van der Waals surface area contributed by atoms with Gasteiger partial charge in [-0.25, -0.2) is 0 Å². The summed E-state index contributed by atoms with van der Waals surface area (Å²) in [5.74, 6) is 0. The molecule has 0 unspecified atom stereocenters. The third-order valence-corrected chi connectivity index (χ3v) is 4.42. The summed E-state index contributed by atoms with van der Waals surface area (Å²) in [4.78, 5) is 0. The molecule has 0 heterocycles. The predicted molar refractivity (Wildman–Crippen MR) is 83.2 cm³/mol. The largest absolute Gasteiger partial charge is 0.325 e. The predicted octanol–water partition coefficient (Wildman–Crippen LogP) is 4.47. The Kier molecular flexibility index (Phi) is 3.55. The summed E-state index contributed by atoms with van der Waals surface area (Å²) in [5.41, 5.74) is 10.2. The molecule has 0 radical (unpaired) electrons. The molecule has 2 N–H and O–H groups in total. The molecule has 1 aromatic rings. The third-order valence-electron chi connectivity index (χ3n) is 4.42. The zero-order valence-corrected chi connectivity index (χ0v) is 13.2. The normalized spacial score (nSPS) is 24.1. The van der Waals surface area contributed by atoms with Gasteiger partial charge in [-0.05, 0) is 54.6 Å². The van der Waals surface area contributed by atoms with Gasteiger partial charge in [0.1, 0.15) is 0 Å². The van der Waals surface area contributed by atoms with Crippen LogP contribution in [0.2, 0.25) is 0 Å². The highest BCUT2D eigenvalue weighted by Gasteiger charge is 2.45. The second-order valence-corrected chi connectivity index (χ2v) is 8.32. The van der Waals surface area contributed by atoms with E-state index in [9.17, 15) is 0 Å². The van der Waals surface area contributed by atoms with Crippen molar-refractivity contribution in [1.82, 2.24) is 0 Å². The monoisotopic (exact) mass is 259 g/mol. The summed E-state index contributed by atoms with van der Waals surface area (Å²) in [5, 5.41) is 0. The van der Waals surface area contributed by atoms with Gasteiger partial charge in [0.15, 0.2) is 0 Å². The van der Waals surface area contributed by atoms with Gasteiger partial charge in [0.2, 0.25) is 0 Å². The molecule has 19 heavy (non-hydrogen) atoms. The van der Waals surface area contributed by atoms with Crippen LogP contribution < -0.4 is 5.73 Å². The lowest BCUT2D eigenvalue weighted by Gasteiger charge is -2.50. The lowest BCUT2D eigenvalue weighted by Crippen LogP contribution is -2.53. The molecular weight excluding hydrogens is 230 g/mol. The highest BCUT2D eigenvalue weighted by Crippen LogP contribution is 2.50. The van der Waals surface area contributed by atoms with E-state index in [1.54, 1.807) is 0 Å². The van der Waals surface area contributed by atoms with Crippen molar-refractivity contribution in [3.8, 4) is 0 Å². The minimum atomic E-state index is -0.0582. The second-order valence-electron chi connectivity index (χ2n) is 8.32. The minimum Gasteiger partial charge on any atom is -0.325 e. The van der Waals surface area contributed by atoms with Crippen LogP contribution in [0.5, 0.6) is 0 Å². The molecule has 106 valence electrons. The molecule has 0 aromatic heterocycles. The van der Waals surface area contributed by atoms with Gasteiger partial charge in [-0.3, -0.25) is 0 Å². The molecule has 0 bridgehead atoms. The summed E-state index contributed by atoms with van der Waals surface area (Å²) in [6.07, 6.45) is 4.52. The molecule has 1 nitrogen and oxygen atoms in total. The molecule has 0 aliphatic heterocycles. The zero-order valence-electron chi connectivity index (χ0n) is 13.2. The average Bonchev–Trinajstić information content (AvgIpc) is 2.15. The maximum atomic E-state index is 6.81.